The average molecular weight is 279 g/mol. The number of carboxylic acids is 1. The molecule has 2 amide bonds. The highest BCUT2D eigenvalue weighted by Crippen LogP contribution is 2.32. The molecule has 0 bridgehead atoms. The van der Waals surface area contributed by atoms with E-state index in [9.17, 15) is 19.5 Å². The molecule has 1 aromatic rings. The van der Waals surface area contributed by atoms with E-state index in [2.05, 4.69) is 9.97 Å². The van der Waals surface area contributed by atoms with E-state index in [4.69, 9.17) is 0 Å². The smallest absolute Gasteiger partial charge is 0.327 e. The number of H-pyrrole nitrogens is 1. The number of piperidine rings is 1. The maximum absolute atomic E-state index is 12.3. The molecule has 2 rings (SSSR count). The second-order valence-electron chi connectivity index (χ2n) is 5.59. The number of carbonyl (C=O) groups is 3. The van der Waals surface area contributed by atoms with Gasteiger partial charge in [0.05, 0.1) is 6.33 Å². The third-order valence-corrected chi connectivity index (χ3v) is 3.60. The summed E-state index contributed by atoms with van der Waals surface area (Å²) in [6, 6.07) is -1.20. The molecule has 0 unspecified atom stereocenters. The predicted octanol–water partition coefficient (Wildman–Crippen LogP) is 0.581. The fourth-order valence-corrected chi connectivity index (χ4v) is 2.30. The molecule has 20 heavy (non-hydrogen) atoms. The van der Waals surface area contributed by atoms with Crippen molar-refractivity contribution >= 4 is 17.8 Å². The van der Waals surface area contributed by atoms with E-state index in [1.54, 1.807) is 13.8 Å². The van der Waals surface area contributed by atoms with Gasteiger partial charge in [-0.1, -0.05) is 13.8 Å². The van der Waals surface area contributed by atoms with Crippen LogP contribution in [-0.2, 0) is 20.8 Å². The van der Waals surface area contributed by atoms with Crippen molar-refractivity contribution in [2.45, 2.75) is 39.2 Å². The van der Waals surface area contributed by atoms with Crippen LogP contribution in [0.3, 0.4) is 0 Å². The van der Waals surface area contributed by atoms with E-state index in [1.165, 1.54) is 12.5 Å². The lowest BCUT2D eigenvalue weighted by atomic mass is 9.82. The summed E-state index contributed by atoms with van der Waals surface area (Å²) in [5.74, 6) is -2.05. The summed E-state index contributed by atoms with van der Waals surface area (Å²) < 4.78 is 0. The Labute approximate surface area is 116 Å². The molecule has 1 aliphatic rings. The van der Waals surface area contributed by atoms with Crippen molar-refractivity contribution in [3.63, 3.8) is 0 Å². The number of likely N-dealkylation sites (tertiary alicyclic amines) is 1. The van der Waals surface area contributed by atoms with Gasteiger partial charge in [-0.15, -0.1) is 0 Å². The molecule has 1 saturated heterocycles. The third kappa shape index (κ3) is 2.56. The molecule has 1 atom stereocenters. The number of hydrogen-bond donors (Lipinski definition) is 2. The number of amides is 2. The number of rotatable bonds is 4. The molecule has 7 nitrogen and oxygen atoms in total. The van der Waals surface area contributed by atoms with Crippen LogP contribution in [0.5, 0.6) is 0 Å². The van der Waals surface area contributed by atoms with Crippen LogP contribution in [-0.4, -0.2) is 43.8 Å². The minimum Gasteiger partial charge on any atom is -0.480 e. The van der Waals surface area contributed by atoms with Crippen molar-refractivity contribution < 1.29 is 19.5 Å². The van der Waals surface area contributed by atoms with E-state index in [0.717, 1.165) is 4.90 Å². The highest BCUT2D eigenvalue weighted by molar-refractivity contribution is 6.03. The Hall–Kier alpha value is -2.18. The Kier molecular flexibility index (Phi) is 3.61. The second-order valence-corrected chi connectivity index (χ2v) is 5.59. The van der Waals surface area contributed by atoms with E-state index in [-0.39, 0.29) is 12.8 Å². The lowest BCUT2D eigenvalue weighted by Crippen LogP contribution is -2.56. The summed E-state index contributed by atoms with van der Waals surface area (Å²) in [6.07, 6.45) is 3.57. The molecular weight excluding hydrogens is 262 g/mol. The van der Waals surface area contributed by atoms with Gasteiger partial charge in [0, 0.05) is 30.1 Å². The predicted molar refractivity (Wildman–Crippen MR) is 68.6 cm³/mol. The maximum Gasteiger partial charge on any atom is 0.327 e. The van der Waals surface area contributed by atoms with Crippen molar-refractivity contribution in [3.8, 4) is 0 Å². The normalized spacial score (nSPS) is 20.0. The van der Waals surface area contributed by atoms with E-state index < -0.39 is 29.2 Å². The number of imide groups is 1. The topological polar surface area (TPSA) is 103 Å². The number of nitrogens with zero attached hydrogens (tertiary/aromatic N) is 2. The Balaban J connectivity index is 2.29. The molecule has 108 valence electrons. The zero-order valence-corrected chi connectivity index (χ0v) is 11.4. The van der Waals surface area contributed by atoms with E-state index in [1.807, 2.05) is 0 Å². The van der Waals surface area contributed by atoms with Gasteiger partial charge in [-0.25, -0.2) is 9.78 Å². The van der Waals surface area contributed by atoms with Crippen LogP contribution in [0.1, 0.15) is 32.4 Å². The number of hydrogen-bond acceptors (Lipinski definition) is 4. The minimum absolute atomic E-state index is 0.0306. The average Bonchev–Trinajstić information content (AvgIpc) is 2.86. The summed E-state index contributed by atoms with van der Waals surface area (Å²) >= 11 is 0. The molecule has 0 saturated carbocycles. The molecule has 7 heteroatoms. The molecule has 0 radical (unpaired) electrons. The van der Waals surface area contributed by atoms with Crippen LogP contribution in [0.2, 0.25) is 0 Å². The second kappa shape index (κ2) is 5.07. The minimum atomic E-state index is -1.20. The zero-order chi connectivity index (χ0) is 14.9. The molecule has 0 aliphatic carbocycles. The first-order valence-corrected chi connectivity index (χ1v) is 6.39. The van der Waals surface area contributed by atoms with Crippen LogP contribution < -0.4 is 0 Å². The van der Waals surface area contributed by atoms with Crippen LogP contribution in [0.25, 0.3) is 0 Å². The molecule has 2 N–H and O–H groups in total. The lowest BCUT2D eigenvalue weighted by molar-refractivity contribution is -0.166. The first-order valence-electron chi connectivity index (χ1n) is 6.39. The number of aliphatic carboxylic acids is 1. The van der Waals surface area contributed by atoms with Crippen molar-refractivity contribution in [2.24, 2.45) is 5.41 Å². The summed E-state index contributed by atoms with van der Waals surface area (Å²) in [7, 11) is 0. The first kappa shape index (κ1) is 14.2. The van der Waals surface area contributed by atoms with Gasteiger partial charge in [-0.3, -0.25) is 14.5 Å². The van der Waals surface area contributed by atoms with Gasteiger partial charge < -0.3 is 10.1 Å². The third-order valence-electron chi connectivity index (χ3n) is 3.60. The number of carboxylic acid groups (broad SMARTS) is 1. The van der Waals surface area contributed by atoms with E-state index >= 15 is 0 Å². The van der Waals surface area contributed by atoms with E-state index in [0.29, 0.717) is 12.1 Å². The number of imidazole rings is 1. The quantitative estimate of drug-likeness (QED) is 0.785. The van der Waals surface area contributed by atoms with Crippen molar-refractivity contribution in [1.29, 1.82) is 0 Å². The number of nitrogens with one attached hydrogen (secondary N) is 1. The monoisotopic (exact) mass is 279 g/mol. The molecule has 1 aliphatic heterocycles. The SMILES string of the molecule is CC1(C)CCC(=O)N([C@@H](Cc2cnc[nH]2)C(=O)O)C1=O. The number of aromatic amines is 1. The Morgan fingerprint density at radius 3 is 2.80 bits per heavy atom. The Morgan fingerprint density at radius 1 is 1.55 bits per heavy atom. The van der Waals surface area contributed by atoms with Crippen molar-refractivity contribution in [1.82, 2.24) is 14.9 Å². The fourth-order valence-electron chi connectivity index (χ4n) is 2.30. The molecule has 0 spiro atoms. The Morgan fingerprint density at radius 2 is 2.25 bits per heavy atom. The van der Waals surface area contributed by atoms with Crippen molar-refractivity contribution in [2.75, 3.05) is 0 Å². The van der Waals surface area contributed by atoms with Crippen LogP contribution in [0.15, 0.2) is 12.5 Å². The standard InChI is InChI=1S/C13H17N3O4/c1-13(2)4-3-10(17)16(12(13)20)9(11(18)19)5-8-6-14-7-15-8/h6-7,9H,3-5H2,1-2H3,(H,14,15)(H,18,19)/t9-/m0/s1. The summed E-state index contributed by atoms with van der Waals surface area (Å²) in [5, 5.41) is 9.35. The molecule has 2 heterocycles. The lowest BCUT2D eigenvalue weighted by Gasteiger charge is -2.38. The van der Waals surface area contributed by atoms with Gasteiger partial charge in [-0.2, -0.15) is 0 Å². The molecule has 1 fully saturated rings. The van der Waals surface area contributed by atoms with Gasteiger partial charge in [0.2, 0.25) is 11.8 Å². The van der Waals surface area contributed by atoms with Crippen molar-refractivity contribution in [3.05, 3.63) is 18.2 Å². The first-order chi connectivity index (χ1) is 9.33. The van der Waals surface area contributed by atoms with Crippen LogP contribution in [0.4, 0.5) is 0 Å². The van der Waals surface area contributed by atoms with Gasteiger partial charge in [-0.05, 0) is 6.42 Å². The highest BCUT2D eigenvalue weighted by Gasteiger charge is 2.45. The van der Waals surface area contributed by atoms with Gasteiger partial charge in [0.25, 0.3) is 0 Å². The molecular formula is C13H17N3O4. The molecule has 1 aromatic heterocycles. The van der Waals surface area contributed by atoms with Crippen LogP contribution >= 0.6 is 0 Å². The summed E-state index contributed by atoms with van der Waals surface area (Å²) in [4.78, 5) is 43.3. The number of aromatic nitrogens is 2. The molecule has 0 aromatic carbocycles. The fraction of sp³-hybridized carbons (Fsp3) is 0.538. The Bertz CT molecular complexity index is 536. The highest BCUT2D eigenvalue weighted by atomic mass is 16.4. The summed E-state index contributed by atoms with van der Waals surface area (Å²) in [5.41, 5.74) is -0.142. The van der Waals surface area contributed by atoms with Gasteiger partial charge >= 0.3 is 5.97 Å². The zero-order valence-electron chi connectivity index (χ0n) is 11.4. The van der Waals surface area contributed by atoms with Crippen LogP contribution in [0, 0.1) is 5.41 Å². The van der Waals surface area contributed by atoms with Gasteiger partial charge in [0.1, 0.15) is 6.04 Å². The van der Waals surface area contributed by atoms with Gasteiger partial charge in [0.15, 0.2) is 0 Å². The maximum atomic E-state index is 12.3. The summed E-state index contributed by atoms with van der Waals surface area (Å²) in [6.45, 7) is 3.45. The largest absolute Gasteiger partial charge is 0.480 e. The number of carbonyl (C=O) groups excluding carboxylic acids is 2.